The molecule has 0 radical (unpaired) electrons. The van der Waals surface area contributed by atoms with Crippen LogP contribution in [-0.4, -0.2) is 55.1 Å². The first-order chi connectivity index (χ1) is 6.43. The van der Waals surface area contributed by atoms with Crippen molar-refractivity contribution < 1.29 is 19.5 Å². The second-order valence-electron chi connectivity index (χ2n) is 2.72. The number of likely N-dealkylation sites (N-methyl/N-ethyl adjacent to an activating group) is 1. The van der Waals surface area contributed by atoms with Gasteiger partial charge in [0.15, 0.2) is 0 Å². The highest BCUT2D eigenvalue weighted by Crippen LogP contribution is 1.75. The Morgan fingerprint density at radius 1 is 1.14 bits per heavy atom. The van der Waals surface area contributed by atoms with Gasteiger partial charge in [0.05, 0.1) is 6.54 Å². The number of carboxylic acid groups (broad SMARTS) is 1. The summed E-state index contributed by atoms with van der Waals surface area (Å²) in [6, 6.07) is -0.678. The van der Waals surface area contributed by atoms with Gasteiger partial charge in [0.25, 0.3) is 0 Å². The lowest BCUT2D eigenvalue weighted by Crippen LogP contribution is -2.43. The first kappa shape index (κ1) is 12.2. The van der Waals surface area contributed by atoms with Crippen LogP contribution in [0.15, 0.2) is 0 Å². The van der Waals surface area contributed by atoms with Crippen LogP contribution in [0.25, 0.3) is 0 Å². The largest absolute Gasteiger partial charge is 0.480 e. The highest BCUT2D eigenvalue weighted by Gasteiger charge is 2.07. The fourth-order valence-electron chi connectivity index (χ4n) is 0.532. The Morgan fingerprint density at radius 3 is 2.07 bits per heavy atom. The van der Waals surface area contributed by atoms with Crippen LogP contribution in [0.2, 0.25) is 0 Å². The monoisotopic (exact) mass is 203 g/mol. The molecule has 0 aliphatic rings. The molecule has 0 aromatic carbocycles. The minimum Gasteiger partial charge on any atom is -0.480 e. The van der Waals surface area contributed by atoms with Crippen LogP contribution in [0.4, 0.5) is 4.79 Å². The summed E-state index contributed by atoms with van der Waals surface area (Å²) in [6.45, 7) is -0.625. The molecule has 0 aliphatic carbocycles. The molecule has 0 bridgehead atoms. The first-order valence-corrected chi connectivity index (χ1v) is 3.87. The van der Waals surface area contributed by atoms with E-state index in [2.05, 4.69) is 10.6 Å². The molecule has 0 rings (SSSR count). The number of nitrogens with zero attached hydrogens (tertiary/aromatic N) is 1. The predicted molar refractivity (Wildman–Crippen MR) is 47.7 cm³/mol. The van der Waals surface area contributed by atoms with E-state index in [1.54, 1.807) is 14.1 Å². The fraction of sp³-hybridized carbons (Fsp3) is 0.571. The topological polar surface area (TPSA) is 98.7 Å². The molecule has 0 saturated carbocycles. The lowest BCUT2D eigenvalue weighted by Gasteiger charge is -2.10. The summed E-state index contributed by atoms with van der Waals surface area (Å²) in [5.74, 6) is -1.41. The van der Waals surface area contributed by atoms with Crippen molar-refractivity contribution in [2.75, 3.05) is 27.2 Å². The van der Waals surface area contributed by atoms with Crippen LogP contribution >= 0.6 is 0 Å². The van der Waals surface area contributed by atoms with E-state index >= 15 is 0 Å². The second kappa shape index (κ2) is 5.79. The maximum Gasteiger partial charge on any atom is 0.323 e. The molecule has 3 N–H and O–H groups in total. The summed E-state index contributed by atoms with van der Waals surface area (Å²) in [6.07, 6.45) is 0. The lowest BCUT2D eigenvalue weighted by molar-refractivity contribution is -0.135. The maximum atomic E-state index is 11.0. The zero-order chi connectivity index (χ0) is 11.1. The van der Waals surface area contributed by atoms with Crippen molar-refractivity contribution in [2.24, 2.45) is 0 Å². The van der Waals surface area contributed by atoms with E-state index in [0.29, 0.717) is 0 Å². The molecule has 7 nitrogen and oxygen atoms in total. The summed E-state index contributed by atoms with van der Waals surface area (Å²) in [7, 11) is 3.11. The summed E-state index contributed by atoms with van der Waals surface area (Å²) in [5, 5.41) is 12.5. The molecule has 7 heteroatoms. The van der Waals surface area contributed by atoms with Gasteiger partial charge in [-0.2, -0.15) is 0 Å². The molecule has 0 aromatic heterocycles. The number of carboxylic acids is 1. The summed E-state index contributed by atoms with van der Waals surface area (Å²) in [4.78, 5) is 33.1. The molecule has 0 aromatic rings. The Kier molecular flexibility index (Phi) is 5.05. The molecule has 3 amide bonds. The summed E-state index contributed by atoms with van der Waals surface area (Å²) >= 11 is 0. The molecular formula is C7H13N3O4. The number of aliphatic carboxylic acids is 1. The average molecular weight is 203 g/mol. The third-order valence-corrected chi connectivity index (χ3v) is 1.30. The standard InChI is InChI=1S/C7H13N3O4/c1-10(2)5(11)3-8-7(14)9-4-6(12)13/h3-4H2,1-2H3,(H,12,13)(H2,8,9,14). The molecule has 0 atom stereocenters. The first-order valence-electron chi connectivity index (χ1n) is 3.87. The third kappa shape index (κ3) is 5.81. The van der Waals surface area contributed by atoms with Gasteiger partial charge in [-0.3, -0.25) is 9.59 Å². The smallest absolute Gasteiger partial charge is 0.323 e. The van der Waals surface area contributed by atoms with E-state index in [1.807, 2.05) is 0 Å². The lowest BCUT2D eigenvalue weighted by atomic mass is 10.5. The van der Waals surface area contributed by atoms with Crippen LogP contribution in [0.3, 0.4) is 0 Å². The Morgan fingerprint density at radius 2 is 1.64 bits per heavy atom. The minimum atomic E-state index is -1.14. The van der Waals surface area contributed by atoms with Crippen molar-refractivity contribution in [3.8, 4) is 0 Å². The zero-order valence-corrected chi connectivity index (χ0v) is 8.03. The Hall–Kier alpha value is -1.79. The van der Waals surface area contributed by atoms with Crippen molar-refractivity contribution in [1.29, 1.82) is 0 Å². The molecule has 0 unspecified atom stereocenters. The van der Waals surface area contributed by atoms with Gasteiger partial charge in [0.2, 0.25) is 5.91 Å². The fourth-order valence-corrected chi connectivity index (χ4v) is 0.532. The number of nitrogens with one attached hydrogen (secondary N) is 2. The second-order valence-corrected chi connectivity index (χ2v) is 2.72. The van der Waals surface area contributed by atoms with Crippen LogP contribution < -0.4 is 10.6 Å². The quantitative estimate of drug-likeness (QED) is 0.515. The van der Waals surface area contributed by atoms with Crippen molar-refractivity contribution in [2.45, 2.75) is 0 Å². The van der Waals surface area contributed by atoms with E-state index < -0.39 is 18.5 Å². The molecule has 0 aliphatic heterocycles. The Balaban J connectivity index is 3.64. The summed E-state index contributed by atoms with van der Waals surface area (Å²) in [5.41, 5.74) is 0. The zero-order valence-electron chi connectivity index (χ0n) is 8.03. The normalized spacial score (nSPS) is 9.00. The predicted octanol–water partition coefficient (Wildman–Crippen LogP) is -1.54. The van der Waals surface area contributed by atoms with Gasteiger partial charge in [-0.1, -0.05) is 0 Å². The van der Waals surface area contributed by atoms with Crippen molar-refractivity contribution >= 4 is 17.9 Å². The van der Waals surface area contributed by atoms with Crippen LogP contribution in [0.1, 0.15) is 0 Å². The van der Waals surface area contributed by atoms with Gasteiger partial charge >= 0.3 is 12.0 Å². The van der Waals surface area contributed by atoms with E-state index in [1.165, 1.54) is 4.90 Å². The number of amides is 3. The van der Waals surface area contributed by atoms with Gasteiger partial charge < -0.3 is 20.6 Å². The van der Waals surface area contributed by atoms with Crippen molar-refractivity contribution in [1.82, 2.24) is 15.5 Å². The molecule has 0 heterocycles. The molecule has 0 spiro atoms. The molecule has 14 heavy (non-hydrogen) atoms. The number of carbonyl (C=O) groups excluding carboxylic acids is 2. The van der Waals surface area contributed by atoms with Gasteiger partial charge in [-0.25, -0.2) is 4.79 Å². The van der Waals surface area contributed by atoms with E-state index in [-0.39, 0.29) is 12.5 Å². The number of hydrogen-bond donors (Lipinski definition) is 3. The number of hydrogen-bond acceptors (Lipinski definition) is 3. The van der Waals surface area contributed by atoms with Gasteiger partial charge in [-0.05, 0) is 0 Å². The minimum absolute atomic E-state index is 0.154. The molecule has 0 fully saturated rings. The third-order valence-electron chi connectivity index (χ3n) is 1.30. The van der Waals surface area contributed by atoms with Gasteiger partial charge in [-0.15, -0.1) is 0 Å². The van der Waals surface area contributed by atoms with E-state index in [0.717, 1.165) is 0 Å². The van der Waals surface area contributed by atoms with E-state index in [4.69, 9.17) is 5.11 Å². The van der Waals surface area contributed by atoms with Crippen LogP contribution in [-0.2, 0) is 9.59 Å². The van der Waals surface area contributed by atoms with Gasteiger partial charge in [0.1, 0.15) is 6.54 Å². The Bertz CT molecular complexity index is 239. The highest BCUT2D eigenvalue weighted by molar-refractivity contribution is 5.85. The SMILES string of the molecule is CN(C)C(=O)CNC(=O)NCC(=O)O. The van der Waals surface area contributed by atoms with Crippen molar-refractivity contribution in [3.63, 3.8) is 0 Å². The Labute approximate surface area is 81.1 Å². The number of urea groups is 1. The average Bonchev–Trinajstić information content (AvgIpc) is 2.10. The molecular weight excluding hydrogens is 190 g/mol. The van der Waals surface area contributed by atoms with Crippen molar-refractivity contribution in [3.05, 3.63) is 0 Å². The van der Waals surface area contributed by atoms with E-state index in [9.17, 15) is 14.4 Å². The number of carbonyl (C=O) groups is 3. The van der Waals surface area contributed by atoms with Crippen LogP contribution in [0.5, 0.6) is 0 Å². The number of rotatable bonds is 4. The molecule has 80 valence electrons. The molecule has 0 saturated heterocycles. The summed E-state index contributed by atoms with van der Waals surface area (Å²) < 4.78 is 0. The van der Waals surface area contributed by atoms with Gasteiger partial charge in [0, 0.05) is 14.1 Å². The van der Waals surface area contributed by atoms with Crippen LogP contribution in [0, 0.1) is 0 Å². The highest BCUT2D eigenvalue weighted by atomic mass is 16.4. The maximum absolute atomic E-state index is 11.0.